The number of primary amides is 1. The minimum absolute atomic E-state index is 0.335. The quantitative estimate of drug-likeness (QED) is 0.781. The number of ether oxygens (including phenoxy) is 2. The number of urea groups is 1. The van der Waals surface area contributed by atoms with E-state index >= 15 is 0 Å². The fraction of sp³-hybridized carbons (Fsp3) is 0.357. The maximum atomic E-state index is 11.6. The minimum Gasteiger partial charge on any atom is -0.482 e. The van der Waals surface area contributed by atoms with Gasteiger partial charge in [-0.3, -0.25) is 10.1 Å². The number of nitrogens with one attached hydrogen (secondary N) is 1. The van der Waals surface area contributed by atoms with Crippen molar-refractivity contribution in [2.24, 2.45) is 5.73 Å². The predicted molar refractivity (Wildman–Crippen MR) is 74.7 cm³/mol. The third-order valence-corrected chi connectivity index (χ3v) is 2.60. The highest BCUT2D eigenvalue weighted by atomic mass is 16.6. The molecule has 21 heavy (non-hydrogen) atoms. The molecule has 0 bridgehead atoms. The van der Waals surface area contributed by atoms with Gasteiger partial charge in [-0.25, -0.2) is 9.59 Å². The Morgan fingerprint density at radius 3 is 2.52 bits per heavy atom. The lowest BCUT2D eigenvalue weighted by Crippen LogP contribution is -2.42. The summed E-state index contributed by atoms with van der Waals surface area (Å²) < 4.78 is 10.1. The highest BCUT2D eigenvalue weighted by Crippen LogP contribution is 2.18. The van der Waals surface area contributed by atoms with Gasteiger partial charge < -0.3 is 15.2 Å². The number of hydrogen-bond acceptors (Lipinski definition) is 5. The van der Waals surface area contributed by atoms with Gasteiger partial charge in [-0.1, -0.05) is 17.7 Å². The number of hydrogen-bond donors (Lipinski definition) is 2. The van der Waals surface area contributed by atoms with Crippen molar-refractivity contribution in [3.05, 3.63) is 29.3 Å². The largest absolute Gasteiger partial charge is 0.482 e. The van der Waals surface area contributed by atoms with Crippen LogP contribution in [0.4, 0.5) is 4.79 Å². The Balaban J connectivity index is 2.47. The van der Waals surface area contributed by atoms with Crippen LogP contribution in [0.2, 0.25) is 0 Å². The van der Waals surface area contributed by atoms with Crippen molar-refractivity contribution in [3.8, 4) is 5.75 Å². The summed E-state index contributed by atoms with van der Waals surface area (Å²) in [4.78, 5) is 33.4. The lowest BCUT2D eigenvalue weighted by atomic mass is 10.1. The highest BCUT2D eigenvalue weighted by Gasteiger charge is 2.19. The number of nitrogens with two attached hydrogens (primary N) is 1. The average Bonchev–Trinajstić information content (AvgIpc) is 2.36. The summed E-state index contributed by atoms with van der Waals surface area (Å²) in [5.41, 5.74) is 6.76. The molecule has 0 aliphatic heterocycles. The van der Waals surface area contributed by atoms with E-state index in [9.17, 15) is 14.4 Å². The number of aryl methyl sites for hydroxylation is 2. The zero-order valence-electron chi connectivity index (χ0n) is 12.1. The number of benzene rings is 1. The molecule has 0 aromatic heterocycles. The van der Waals surface area contributed by atoms with Crippen LogP contribution in [0.5, 0.6) is 5.75 Å². The van der Waals surface area contributed by atoms with Crippen LogP contribution in [0.1, 0.15) is 18.1 Å². The summed E-state index contributed by atoms with van der Waals surface area (Å²) in [5.74, 6) is -0.948. The second-order valence-corrected chi connectivity index (χ2v) is 4.54. The molecule has 0 heterocycles. The van der Waals surface area contributed by atoms with Gasteiger partial charge >= 0.3 is 12.0 Å². The van der Waals surface area contributed by atoms with E-state index in [4.69, 9.17) is 15.2 Å². The second-order valence-electron chi connectivity index (χ2n) is 4.54. The summed E-state index contributed by atoms with van der Waals surface area (Å²) in [7, 11) is 0. The molecule has 1 atom stereocenters. The first-order valence-electron chi connectivity index (χ1n) is 6.29. The van der Waals surface area contributed by atoms with Crippen molar-refractivity contribution in [3.63, 3.8) is 0 Å². The number of carbonyl (C=O) groups excluding carboxylic acids is 3. The van der Waals surface area contributed by atoms with E-state index in [0.29, 0.717) is 5.75 Å². The van der Waals surface area contributed by atoms with E-state index in [1.807, 2.05) is 31.3 Å². The van der Waals surface area contributed by atoms with E-state index in [1.165, 1.54) is 6.92 Å². The zero-order chi connectivity index (χ0) is 16.0. The van der Waals surface area contributed by atoms with Crippen LogP contribution in [0.15, 0.2) is 18.2 Å². The summed E-state index contributed by atoms with van der Waals surface area (Å²) in [6.45, 7) is 4.80. The van der Waals surface area contributed by atoms with Crippen molar-refractivity contribution in [2.45, 2.75) is 26.9 Å². The second kappa shape index (κ2) is 7.28. The lowest BCUT2D eigenvalue weighted by molar-refractivity contribution is -0.156. The molecule has 0 aliphatic rings. The van der Waals surface area contributed by atoms with Gasteiger partial charge in [-0.15, -0.1) is 0 Å². The average molecular weight is 294 g/mol. The molecule has 1 aromatic rings. The van der Waals surface area contributed by atoms with Gasteiger partial charge in [0.25, 0.3) is 5.91 Å². The molecule has 7 heteroatoms. The van der Waals surface area contributed by atoms with Gasteiger partial charge in [-0.05, 0) is 32.4 Å². The molecule has 0 saturated carbocycles. The summed E-state index contributed by atoms with van der Waals surface area (Å²) >= 11 is 0. The molecule has 114 valence electrons. The number of imide groups is 1. The van der Waals surface area contributed by atoms with Gasteiger partial charge in [0, 0.05) is 0 Å². The van der Waals surface area contributed by atoms with Gasteiger partial charge in [0.05, 0.1) is 0 Å². The molecular formula is C14H18N2O5. The first-order valence-corrected chi connectivity index (χ1v) is 6.29. The molecule has 1 aromatic carbocycles. The molecule has 0 spiro atoms. The maximum absolute atomic E-state index is 11.6. The fourth-order valence-corrected chi connectivity index (χ4v) is 1.61. The van der Waals surface area contributed by atoms with Crippen molar-refractivity contribution in [1.82, 2.24) is 5.32 Å². The fourth-order valence-electron chi connectivity index (χ4n) is 1.61. The Hall–Kier alpha value is -2.57. The maximum Gasteiger partial charge on any atom is 0.344 e. The SMILES string of the molecule is Cc1ccc(OCC(=O)O[C@@H](C)C(=O)NC(N)=O)c(C)c1. The molecule has 1 rings (SSSR count). The van der Waals surface area contributed by atoms with Crippen LogP contribution in [0.25, 0.3) is 0 Å². The zero-order valence-corrected chi connectivity index (χ0v) is 12.1. The Labute approximate surface area is 122 Å². The van der Waals surface area contributed by atoms with E-state index in [-0.39, 0.29) is 6.61 Å². The number of carbonyl (C=O) groups is 3. The lowest BCUT2D eigenvalue weighted by Gasteiger charge is -2.13. The number of rotatable bonds is 5. The Kier molecular flexibility index (Phi) is 5.71. The Morgan fingerprint density at radius 1 is 1.29 bits per heavy atom. The summed E-state index contributed by atoms with van der Waals surface area (Å²) in [5, 5.41) is 1.82. The standard InChI is InChI=1S/C14H18N2O5/c1-8-4-5-11(9(2)6-8)20-7-12(17)21-10(3)13(18)16-14(15)19/h4-6,10H,7H2,1-3H3,(H3,15,16,18,19)/t10-/m0/s1. The van der Waals surface area contributed by atoms with E-state index < -0.39 is 24.0 Å². The third-order valence-electron chi connectivity index (χ3n) is 2.60. The summed E-state index contributed by atoms with van der Waals surface area (Å²) in [6, 6.07) is 4.52. The van der Waals surface area contributed by atoms with Gasteiger partial charge in [-0.2, -0.15) is 0 Å². The molecule has 3 N–H and O–H groups in total. The van der Waals surface area contributed by atoms with E-state index in [0.717, 1.165) is 11.1 Å². The van der Waals surface area contributed by atoms with Crippen LogP contribution >= 0.6 is 0 Å². The minimum atomic E-state index is -1.13. The van der Waals surface area contributed by atoms with E-state index in [2.05, 4.69) is 0 Å². The number of amides is 3. The molecule has 0 fully saturated rings. The predicted octanol–water partition coefficient (Wildman–Crippen LogP) is 0.809. The van der Waals surface area contributed by atoms with Crippen LogP contribution < -0.4 is 15.8 Å². The molecular weight excluding hydrogens is 276 g/mol. The van der Waals surface area contributed by atoms with Gasteiger partial charge in [0.15, 0.2) is 12.7 Å². The van der Waals surface area contributed by atoms with Crippen molar-refractivity contribution in [2.75, 3.05) is 6.61 Å². The molecule has 0 aliphatic carbocycles. The molecule has 0 radical (unpaired) electrons. The van der Waals surface area contributed by atoms with Crippen LogP contribution in [0, 0.1) is 13.8 Å². The Morgan fingerprint density at radius 2 is 1.95 bits per heavy atom. The first-order chi connectivity index (χ1) is 9.79. The van der Waals surface area contributed by atoms with Gasteiger partial charge in [0.1, 0.15) is 5.75 Å². The Bertz CT molecular complexity index is 556. The van der Waals surface area contributed by atoms with Crippen molar-refractivity contribution < 1.29 is 23.9 Å². The highest BCUT2D eigenvalue weighted by molar-refractivity contribution is 5.96. The van der Waals surface area contributed by atoms with Crippen LogP contribution in [0.3, 0.4) is 0 Å². The smallest absolute Gasteiger partial charge is 0.344 e. The van der Waals surface area contributed by atoms with Crippen LogP contribution in [-0.2, 0) is 14.3 Å². The summed E-state index contributed by atoms with van der Waals surface area (Å²) in [6.07, 6.45) is -1.13. The normalized spacial score (nSPS) is 11.4. The van der Waals surface area contributed by atoms with Gasteiger partial charge in [0.2, 0.25) is 0 Å². The third kappa shape index (κ3) is 5.52. The van der Waals surface area contributed by atoms with Crippen LogP contribution in [-0.4, -0.2) is 30.6 Å². The number of esters is 1. The van der Waals surface area contributed by atoms with E-state index in [1.54, 1.807) is 6.07 Å². The molecule has 0 unspecified atom stereocenters. The molecule has 7 nitrogen and oxygen atoms in total. The topological polar surface area (TPSA) is 108 Å². The molecule has 3 amide bonds. The molecule has 0 saturated heterocycles. The van der Waals surface area contributed by atoms with Crippen molar-refractivity contribution in [1.29, 1.82) is 0 Å². The monoisotopic (exact) mass is 294 g/mol. The first kappa shape index (κ1) is 16.5. The van der Waals surface area contributed by atoms with Crippen molar-refractivity contribution >= 4 is 17.9 Å².